The van der Waals surface area contributed by atoms with E-state index in [0.29, 0.717) is 0 Å². The zero-order valence-corrected chi connectivity index (χ0v) is 19.3. The van der Waals surface area contributed by atoms with E-state index in [0.717, 1.165) is 16.7 Å². The van der Waals surface area contributed by atoms with Crippen molar-refractivity contribution in [1.82, 2.24) is 0 Å². The number of carbonyl (C=O) groups excluding carboxylic acids is 1. The third-order valence-corrected chi connectivity index (χ3v) is 5.42. The molecule has 0 aliphatic heterocycles. The van der Waals surface area contributed by atoms with E-state index >= 15 is 0 Å². The summed E-state index contributed by atoms with van der Waals surface area (Å²) in [5.74, 6) is 5.85. The largest absolute Gasteiger partial charge is 0.465 e. The number of ether oxygens (including phenoxy) is 2. The van der Waals surface area contributed by atoms with E-state index in [1.54, 1.807) is 20.8 Å². The SMILES string of the molecule is CCOC(=O)C(C)(C)[C@H](C#Cc1ccccc1)O[C@@H](c1ccccc1)[C@H](O)c1ccccc1. The minimum Gasteiger partial charge on any atom is -0.465 e. The standard InChI is InChI=1S/C29H30O4/c1-4-32-28(31)29(2,3)25(21-20-22-14-8-5-9-15-22)33-27(24-18-12-7-13-19-24)26(30)23-16-10-6-11-17-23/h5-19,25-27,30H,4H2,1-3H3/t25-,26+,27-/m0/s1. The first-order valence-corrected chi connectivity index (χ1v) is 11.1. The van der Waals surface area contributed by atoms with Crippen LogP contribution in [0.4, 0.5) is 0 Å². The van der Waals surface area contributed by atoms with Crippen LogP contribution in [-0.2, 0) is 14.3 Å². The predicted octanol–water partition coefficient (Wildman–Crippen LogP) is 5.49. The van der Waals surface area contributed by atoms with Gasteiger partial charge in [-0.25, -0.2) is 0 Å². The molecule has 0 saturated heterocycles. The van der Waals surface area contributed by atoms with Gasteiger partial charge in [-0.2, -0.15) is 0 Å². The molecule has 3 aromatic rings. The Hall–Kier alpha value is -3.39. The van der Waals surface area contributed by atoms with Crippen LogP contribution in [0.5, 0.6) is 0 Å². The molecule has 0 aromatic heterocycles. The Bertz CT molecular complexity index is 1070. The van der Waals surface area contributed by atoms with Gasteiger partial charge in [0.1, 0.15) is 18.3 Å². The molecule has 0 saturated carbocycles. The van der Waals surface area contributed by atoms with Gasteiger partial charge < -0.3 is 14.6 Å². The van der Waals surface area contributed by atoms with Crippen LogP contribution in [0.3, 0.4) is 0 Å². The molecule has 0 amide bonds. The number of hydrogen-bond acceptors (Lipinski definition) is 4. The molecule has 0 heterocycles. The zero-order valence-electron chi connectivity index (χ0n) is 19.3. The summed E-state index contributed by atoms with van der Waals surface area (Å²) in [4.78, 5) is 12.8. The molecule has 4 nitrogen and oxygen atoms in total. The average Bonchev–Trinajstić information content (AvgIpc) is 2.85. The molecule has 0 unspecified atom stereocenters. The van der Waals surface area contributed by atoms with E-state index in [9.17, 15) is 9.90 Å². The summed E-state index contributed by atoms with van der Waals surface area (Å²) in [7, 11) is 0. The predicted molar refractivity (Wildman–Crippen MR) is 129 cm³/mol. The highest BCUT2D eigenvalue weighted by Crippen LogP contribution is 2.37. The van der Waals surface area contributed by atoms with Crippen LogP contribution < -0.4 is 0 Å². The topological polar surface area (TPSA) is 55.8 Å². The molecule has 0 fully saturated rings. The van der Waals surface area contributed by atoms with Crippen molar-refractivity contribution in [2.45, 2.75) is 39.1 Å². The summed E-state index contributed by atoms with van der Waals surface area (Å²) in [6.45, 7) is 5.54. The van der Waals surface area contributed by atoms with Gasteiger partial charge in [-0.05, 0) is 44.0 Å². The van der Waals surface area contributed by atoms with Crippen molar-refractivity contribution in [3.05, 3.63) is 108 Å². The molecule has 0 aliphatic rings. The third-order valence-electron chi connectivity index (χ3n) is 5.42. The molecular weight excluding hydrogens is 412 g/mol. The monoisotopic (exact) mass is 442 g/mol. The Balaban J connectivity index is 2.02. The number of hydrogen-bond donors (Lipinski definition) is 1. The molecule has 3 rings (SSSR count). The summed E-state index contributed by atoms with van der Waals surface area (Å²) >= 11 is 0. The van der Waals surface area contributed by atoms with Crippen molar-refractivity contribution < 1.29 is 19.4 Å². The fraction of sp³-hybridized carbons (Fsp3) is 0.276. The van der Waals surface area contributed by atoms with Gasteiger partial charge in [0.25, 0.3) is 0 Å². The molecular formula is C29H30O4. The summed E-state index contributed by atoms with van der Waals surface area (Å²) in [6, 6.07) is 28.4. The van der Waals surface area contributed by atoms with E-state index in [-0.39, 0.29) is 6.61 Å². The Morgan fingerprint density at radius 2 is 1.39 bits per heavy atom. The van der Waals surface area contributed by atoms with Gasteiger partial charge >= 0.3 is 5.97 Å². The highest BCUT2D eigenvalue weighted by atomic mass is 16.5. The number of carbonyl (C=O) groups is 1. The summed E-state index contributed by atoms with van der Waals surface area (Å²) in [5, 5.41) is 11.3. The van der Waals surface area contributed by atoms with Gasteiger partial charge in [-0.15, -0.1) is 0 Å². The van der Waals surface area contributed by atoms with E-state index < -0.39 is 29.7 Å². The minimum absolute atomic E-state index is 0.260. The number of aliphatic hydroxyl groups excluding tert-OH is 1. The minimum atomic E-state index is -1.07. The molecule has 0 bridgehead atoms. The molecule has 0 radical (unpaired) electrons. The molecule has 170 valence electrons. The Morgan fingerprint density at radius 3 is 1.94 bits per heavy atom. The van der Waals surface area contributed by atoms with Crippen molar-refractivity contribution in [2.24, 2.45) is 5.41 Å². The Morgan fingerprint density at radius 1 is 0.879 bits per heavy atom. The van der Waals surface area contributed by atoms with Crippen molar-refractivity contribution >= 4 is 5.97 Å². The molecule has 33 heavy (non-hydrogen) atoms. The van der Waals surface area contributed by atoms with Crippen LogP contribution >= 0.6 is 0 Å². The van der Waals surface area contributed by atoms with Gasteiger partial charge in [0.2, 0.25) is 0 Å². The number of esters is 1. The summed E-state index contributed by atoms with van der Waals surface area (Å²) in [6.07, 6.45) is -2.52. The first-order chi connectivity index (χ1) is 15.9. The van der Waals surface area contributed by atoms with Crippen LogP contribution in [0.15, 0.2) is 91.0 Å². The highest BCUT2D eigenvalue weighted by Gasteiger charge is 2.41. The Kier molecular flexibility index (Phi) is 8.43. The smallest absolute Gasteiger partial charge is 0.315 e. The average molecular weight is 443 g/mol. The number of benzene rings is 3. The van der Waals surface area contributed by atoms with Crippen molar-refractivity contribution in [3.63, 3.8) is 0 Å². The molecule has 3 atom stereocenters. The molecule has 0 aliphatic carbocycles. The third kappa shape index (κ3) is 6.32. The van der Waals surface area contributed by atoms with Gasteiger partial charge in [-0.3, -0.25) is 4.79 Å². The molecule has 3 aromatic carbocycles. The van der Waals surface area contributed by atoms with E-state index in [4.69, 9.17) is 9.47 Å². The van der Waals surface area contributed by atoms with Crippen LogP contribution in [0, 0.1) is 17.3 Å². The quantitative estimate of drug-likeness (QED) is 0.370. The molecule has 0 spiro atoms. The van der Waals surface area contributed by atoms with Crippen LogP contribution in [0.25, 0.3) is 0 Å². The first-order valence-electron chi connectivity index (χ1n) is 11.1. The lowest BCUT2D eigenvalue weighted by Crippen LogP contribution is -2.41. The molecule has 1 N–H and O–H groups in total. The normalized spacial score (nSPS) is 13.8. The first kappa shape index (κ1) is 24.3. The van der Waals surface area contributed by atoms with Crippen molar-refractivity contribution in [1.29, 1.82) is 0 Å². The second kappa shape index (κ2) is 11.5. The van der Waals surface area contributed by atoms with Gasteiger partial charge in [0, 0.05) is 5.56 Å². The van der Waals surface area contributed by atoms with Crippen LogP contribution in [0.1, 0.15) is 49.7 Å². The Labute approximate surface area is 196 Å². The fourth-order valence-electron chi connectivity index (χ4n) is 3.43. The maximum absolute atomic E-state index is 12.8. The maximum Gasteiger partial charge on any atom is 0.315 e. The lowest BCUT2D eigenvalue weighted by molar-refractivity contribution is -0.166. The maximum atomic E-state index is 12.8. The zero-order chi connectivity index (χ0) is 23.7. The van der Waals surface area contributed by atoms with E-state index in [1.165, 1.54) is 0 Å². The van der Waals surface area contributed by atoms with Gasteiger partial charge in [-0.1, -0.05) is 90.7 Å². The van der Waals surface area contributed by atoms with E-state index in [2.05, 4.69) is 11.8 Å². The van der Waals surface area contributed by atoms with Crippen LogP contribution in [0.2, 0.25) is 0 Å². The van der Waals surface area contributed by atoms with Gasteiger partial charge in [0.05, 0.1) is 12.0 Å². The summed E-state index contributed by atoms with van der Waals surface area (Å²) < 4.78 is 11.8. The van der Waals surface area contributed by atoms with Gasteiger partial charge in [0.15, 0.2) is 0 Å². The lowest BCUT2D eigenvalue weighted by Gasteiger charge is -2.33. The highest BCUT2D eigenvalue weighted by molar-refractivity contribution is 5.77. The second-order valence-corrected chi connectivity index (χ2v) is 8.28. The van der Waals surface area contributed by atoms with Crippen molar-refractivity contribution in [3.8, 4) is 11.8 Å². The number of rotatable bonds is 8. The second-order valence-electron chi connectivity index (χ2n) is 8.28. The van der Waals surface area contributed by atoms with Crippen molar-refractivity contribution in [2.75, 3.05) is 6.61 Å². The molecule has 4 heteroatoms. The fourth-order valence-corrected chi connectivity index (χ4v) is 3.43. The van der Waals surface area contributed by atoms with E-state index in [1.807, 2.05) is 91.0 Å². The number of aliphatic hydroxyl groups is 1. The lowest BCUT2D eigenvalue weighted by atomic mass is 9.85. The summed E-state index contributed by atoms with van der Waals surface area (Å²) in [5.41, 5.74) is 1.25. The van der Waals surface area contributed by atoms with Crippen LogP contribution in [-0.4, -0.2) is 23.8 Å².